The molecule has 0 N–H and O–H groups in total. The van der Waals surface area contributed by atoms with E-state index in [-0.39, 0.29) is 17.5 Å². The molecule has 1 rings (SSSR count). The molecule has 96 valence electrons. The third-order valence-corrected chi connectivity index (χ3v) is 5.43. The highest BCUT2D eigenvalue weighted by atomic mass is 32.2. The van der Waals surface area contributed by atoms with Crippen molar-refractivity contribution in [3.8, 4) is 0 Å². The van der Waals surface area contributed by atoms with Crippen LogP contribution in [0, 0.1) is 0 Å². The maximum Gasteiger partial charge on any atom is 0.321 e. The zero-order valence-corrected chi connectivity index (χ0v) is 11.6. The fourth-order valence-corrected chi connectivity index (χ4v) is 4.69. The Bertz CT molecular complexity index is 438. The third-order valence-electron chi connectivity index (χ3n) is 1.61. The van der Waals surface area contributed by atoms with Gasteiger partial charge in [0, 0.05) is 0 Å². The maximum absolute atomic E-state index is 11.6. The fourth-order valence-electron chi connectivity index (χ4n) is 0.969. The number of ether oxygens (including phenoxy) is 1. The van der Waals surface area contributed by atoms with Crippen LogP contribution >= 0.6 is 23.5 Å². The van der Waals surface area contributed by atoms with Gasteiger partial charge >= 0.3 is 5.97 Å². The fraction of sp³-hybridized carbons (Fsp3) is 0.556. The van der Waals surface area contributed by atoms with Crippen molar-refractivity contribution in [1.82, 2.24) is 0 Å². The Kier molecular flexibility index (Phi) is 5.54. The van der Waals surface area contributed by atoms with Crippen molar-refractivity contribution < 1.29 is 22.7 Å². The average Bonchev–Trinajstić information content (AvgIpc) is 2.59. The van der Waals surface area contributed by atoms with Gasteiger partial charge in [0.15, 0.2) is 15.6 Å². The van der Waals surface area contributed by atoms with Crippen molar-refractivity contribution >= 4 is 44.4 Å². The Morgan fingerprint density at radius 1 is 1.53 bits per heavy atom. The van der Waals surface area contributed by atoms with Gasteiger partial charge in [-0.2, -0.15) is 0 Å². The van der Waals surface area contributed by atoms with Gasteiger partial charge in [0.05, 0.1) is 22.0 Å². The molecule has 1 saturated heterocycles. The van der Waals surface area contributed by atoms with Crippen LogP contribution in [0.5, 0.6) is 0 Å². The molecule has 0 aromatic heterocycles. The standard InChI is InChI=1S/C9H12O5S3/c1-2-3-14-7(10)5-17(12,13)6-9-15-4-8(11)16-9/h6H,2-5H2,1H3. The first kappa shape index (κ1) is 14.6. The van der Waals surface area contributed by atoms with E-state index in [0.717, 1.165) is 17.2 Å². The Hall–Kier alpha value is -0.470. The SMILES string of the molecule is CCCOC(=O)CS(=O)(=O)C=C1SCC(=O)S1. The molecule has 1 heterocycles. The molecule has 1 aliphatic rings. The van der Waals surface area contributed by atoms with E-state index in [1.807, 2.05) is 6.92 Å². The van der Waals surface area contributed by atoms with E-state index in [9.17, 15) is 18.0 Å². The van der Waals surface area contributed by atoms with E-state index in [0.29, 0.717) is 10.7 Å². The quantitative estimate of drug-likeness (QED) is 0.704. The van der Waals surface area contributed by atoms with Gasteiger partial charge in [0.1, 0.15) is 0 Å². The minimum atomic E-state index is -3.65. The van der Waals surface area contributed by atoms with E-state index in [2.05, 4.69) is 4.74 Å². The number of esters is 1. The first-order chi connectivity index (χ1) is 7.93. The molecule has 0 bridgehead atoms. The number of hydrogen-bond donors (Lipinski definition) is 0. The molecule has 5 nitrogen and oxygen atoms in total. The van der Waals surface area contributed by atoms with E-state index in [4.69, 9.17) is 0 Å². The van der Waals surface area contributed by atoms with E-state index in [1.165, 1.54) is 11.8 Å². The van der Waals surface area contributed by atoms with Gasteiger partial charge in [-0.3, -0.25) is 9.59 Å². The molecule has 0 unspecified atom stereocenters. The molecule has 0 amide bonds. The molecule has 0 aliphatic carbocycles. The molecule has 1 fully saturated rings. The molecule has 0 radical (unpaired) electrons. The molecule has 17 heavy (non-hydrogen) atoms. The highest BCUT2D eigenvalue weighted by Crippen LogP contribution is 2.37. The maximum atomic E-state index is 11.6. The summed E-state index contributed by atoms with van der Waals surface area (Å²) in [6.45, 7) is 2.04. The molecule has 0 spiro atoms. The summed E-state index contributed by atoms with van der Waals surface area (Å²) >= 11 is 2.06. The molecule has 8 heteroatoms. The zero-order valence-electron chi connectivity index (χ0n) is 9.17. The average molecular weight is 296 g/mol. The molecule has 0 aromatic rings. The van der Waals surface area contributed by atoms with Crippen LogP contribution in [0.15, 0.2) is 9.65 Å². The van der Waals surface area contributed by atoms with Gasteiger partial charge in [-0.25, -0.2) is 8.42 Å². The minimum absolute atomic E-state index is 0.0787. The second kappa shape index (κ2) is 6.46. The van der Waals surface area contributed by atoms with Gasteiger partial charge in [-0.05, 0) is 18.2 Å². The van der Waals surface area contributed by atoms with Gasteiger partial charge in [0.2, 0.25) is 5.12 Å². The Morgan fingerprint density at radius 2 is 2.24 bits per heavy atom. The first-order valence-electron chi connectivity index (χ1n) is 4.86. The van der Waals surface area contributed by atoms with E-state index < -0.39 is 21.6 Å². The topological polar surface area (TPSA) is 77.5 Å². The number of hydrogen-bond acceptors (Lipinski definition) is 7. The second-order valence-electron chi connectivity index (χ2n) is 3.23. The van der Waals surface area contributed by atoms with Crippen molar-refractivity contribution in [2.45, 2.75) is 13.3 Å². The largest absolute Gasteiger partial charge is 0.465 e. The van der Waals surface area contributed by atoms with Crippen LogP contribution in [0.2, 0.25) is 0 Å². The Balaban J connectivity index is 2.57. The van der Waals surface area contributed by atoms with Crippen LogP contribution in [0.3, 0.4) is 0 Å². The summed E-state index contributed by atoms with van der Waals surface area (Å²) in [7, 11) is -3.65. The summed E-state index contributed by atoms with van der Waals surface area (Å²) in [5.41, 5.74) is 0. The molecule has 1 aliphatic heterocycles. The number of carbonyl (C=O) groups excluding carboxylic acids is 2. The highest BCUT2D eigenvalue weighted by molar-refractivity contribution is 8.34. The van der Waals surface area contributed by atoms with Gasteiger partial charge in [-0.15, -0.1) is 11.8 Å². The van der Waals surface area contributed by atoms with Crippen LogP contribution in [0.1, 0.15) is 13.3 Å². The smallest absolute Gasteiger partial charge is 0.321 e. The summed E-state index contributed by atoms with van der Waals surface area (Å²) in [5, 5.41) is 0.894. The molecular formula is C9H12O5S3. The van der Waals surface area contributed by atoms with Gasteiger partial charge < -0.3 is 4.74 Å². The lowest BCUT2D eigenvalue weighted by molar-refractivity contribution is -0.140. The van der Waals surface area contributed by atoms with Crippen LogP contribution in [0.25, 0.3) is 0 Å². The third kappa shape index (κ3) is 5.60. The van der Waals surface area contributed by atoms with Crippen molar-refractivity contribution in [1.29, 1.82) is 0 Å². The number of sulfone groups is 1. The highest BCUT2D eigenvalue weighted by Gasteiger charge is 2.22. The lowest BCUT2D eigenvalue weighted by Gasteiger charge is -2.02. The Labute approximate surface area is 108 Å². The van der Waals surface area contributed by atoms with Crippen molar-refractivity contribution in [2.24, 2.45) is 0 Å². The normalized spacial score (nSPS) is 18.6. The van der Waals surface area contributed by atoms with Crippen molar-refractivity contribution in [3.05, 3.63) is 9.65 Å². The lowest BCUT2D eigenvalue weighted by atomic mass is 10.5. The van der Waals surface area contributed by atoms with E-state index in [1.54, 1.807) is 0 Å². The van der Waals surface area contributed by atoms with Crippen LogP contribution in [-0.4, -0.2) is 37.6 Å². The minimum Gasteiger partial charge on any atom is -0.465 e. The lowest BCUT2D eigenvalue weighted by Crippen LogP contribution is -2.17. The van der Waals surface area contributed by atoms with Crippen molar-refractivity contribution in [2.75, 3.05) is 18.1 Å². The van der Waals surface area contributed by atoms with Crippen molar-refractivity contribution in [3.63, 3.8) is 0 Å². The number of carbonyl (C=O) groups is 2. The summed E-state index contributed by atoms with van der Waals surface area (Å²) in [6.07, 6.45) is 0.646. The monoisotopic (exact) mass is 296 g/mol. The Morgan fingerprint density at radius 3 is 2.76 bits per heavy atom. The summed E-state index contributed by atoms with van der Waals surface area (Å²) in [4.78, 5) is 22.1. The molecule has 0 saturated carbocycles. The first-order valence-corrected chi connectivity index (χ1v) is 8.38. The predicted octanol–water partition coefficient (Wildman–Crippen LogP) is 1.16. The number of rotatable bonds is 5. The van der Waals surface area contributed by atoms with Gasteiger partial charge in [-0.1, -0.05) is 6.92 Å². The predicted molar refractivity (Wildman–Crippen MR) is 68.2 cm³/mol. The van der Waals surface area contributed by atoms with Crippen LogP contribution < -0.4 is 0 Å². The molecule has 0 atom stereocenters. The summed E-state index contributed by atoms with van der Waals surface area (Å²) in [6, 6.07) is 0. The van der Waals surface area contributed by atoms with E-state index >= 15 is 0 Å². The summed E-state index contributed by atoms with van der Waals surface area (Å²) < 4.78 is 28.2. The van der Waals surface area contributed by atoms with Crippen LogP contribution in [-0.2, 0) is 24.2 Å². The molecule has 0 aromatic carbocycles. The van der Waals surface area contributed by atoms with Crippen LogP contribution in [0.4, 0.5) is 0 Å². The number of thioether (sulfide) groups is 2. The molecular weight excluding hydrogens is 284 g/mol. The zero-order chi connectivity index (χ0) is 12.9. The second-order valence-corrected chi connectivity index (χ2v) is 7.45. The summed E-state index contributed by atoms with van der Waals surface area (Å²) in [5.74, 6) is -1.17. The van der Waals surface area contributed by atoms with Gasteiger partial charge in [0.25, 0.3) is 0 Å².